The molecule has 0 unspecified atom stereocenters. The average Bonchev–Trinajstić information content (AvgIpc) is 3.15. The summed E-state index contributed by atoms with van der Waals surface area (Å²) in [6.07, 6.45) is 9.74. The summed E-state index contributed by atoms with van der Waals surface area (Å²) in [6.45, 7) is 7.45. The van der Waals surface area contributed by atoms with Gasteiger partial charge < -0.3 is 9.30 Å². The first-order chi connectivity index (χ1) is 12.4. The molecule has 1 atom stereocenters. The van der Waals surface area contributed by atoms with Crippen molar-refractivity contribution >= 4 is 0 Å². The first kappa shape index (κ1) is 16.6. The summed E-state index contributed by atoms with van der Waals surface area (Å²) in [5, 5.41) is 0. The Morgan fingerprint density at radius 1 is 1.16 bits per heavy atom. The second-order valence-electron chi connectivity index (χ2n) is 7.22. The smallest absolute Gasteiger partial charge is 0.119 e. The molecule has 1 aromatic carbocycles. The van der Waals surface area contributed by atoms with E-state index in [1.165, 1.54) is 51.0 Å². The predicted octanol–water partition coefficient (Wildman–Crippen LogP) is 2.63. The van der Waals surface area contributed by atoms with Crippen molar-refractivity contribution in [1.82, 2.24) is 19.4 Å². The van der Waals surface area contributed by atoms with E-state index in [1.807, 2.05) is 17.1 Å². The number of piperazine rings is 1. The lowest BCUT2D eigenvalue weighted by molar-refractivity contribution is 0.0456. The topological polar surface area (TPSA) is 33.5 Å². The molecule has 2 fully saturated rings. The predicted molar refractivity (Wildman–Crippen MR) is 98.7 cm³/mol. The maximum atomic E-state index is 5.92. The molecular formula is C20H28N4O. The highest BCUT2D eigenvalue weighted by Gasteiger charge is 2.28. The molecule has 25 heavy (non-hydrogen) atoms. The van der Waals surface area contributed by atoms with Gasteiger partial charge in [0.2, 0.25) is 0 Å². The maximum Gasteiger partial charge on any atom is 0.119 e. The van der Waals surface area contributed by atoms with Crippen LogP contribution in [0.1, 0.15) is 24.8 Å². The zero-order chi connectivity index (χ0) is 16.9. The standard InChI is InChI=1S/C20H28N4O/c1-2-8-24-11-10-23(16-19(24)5-1)15-18-4-3-6-20(14-18)25-13-12-22-9-7-21-17-22/h3-4,6-7,9,14,17,19H,1-2,5,8,10-13,15-16H2/t19-/m1/s1. The number of hydrogen-bond donors (Lipinski definition) is 0. The molecular weight excluding hydrogens is 312 g/mol. The number of piperidine rings is 1. The number of nitrogens with zero attached hydrogens (tertiary/aromatic N) is 4. The summed E-state index contributed by atoms with van der Waals surface area (Å²) in [6, 6.07) is 9.35. The second-order valence-corrected chi connectivity index (χ2v) is 7.22. The van der Waals surface area contributed by atoms with Crippen LogP contribution >= 0.6 is 0 Å². The van der Waals surface area contributed by atoms with Gasteiger partial charge in [-0.15, -0.1) is 0 Å². The molecule has 0 N–H and O–H groups in total. The molecule has 0 bridgehead atoms. The van der Waals surface area contributed by atoms with Crippen LogP contribution in [0.25, 0.3) is 0 Å². The van der Waals surface area contributed by atoms with Gasteiger partial charge in [-0.1, -0.05) is 18.6 Å². The van der Waals surface area contributed by atoms with Gasteiger partial charge >= 0.3 is 0 Å². The van der Waals surface area contributed by atoms with E-state index in [2.05, 4.69) is 39.0 Å². The highest BCUT2D eigenvalue weighted by molar-refractivity contribution is 5.28. The molecule has 2 aliphatic rings. The highest BCUT2D eigenvalue weighted by atomic mass is 16.5. The van der Waals surface area contributed by atoms with E-state index in [-0.39, 0.29) is 0 Å². The molecule has 2 aromatic rings. The van der Waals surface area contributed by atoms with Gasteiger partial charge in [-0.2, -0.15) is 0 Å². The number of rotatable bonds is 6. The van der Waals surface area contributed by atoms with Gasteiger partial charge in [-0.25, -0.2) is 4.98 Å². The minimum atomic E-state index is 0.667. The fraction of sp³-hybridized carbons (Fsp3) is 0.550. The van der Waals surface area contributed by atoms with Crippen molar-refractivity contribution in [3.05, 3.63) is 48.5 Å². The zero-order valence-electron chi connectivity index (χ0n) is 14.9. The number of fused-ring (bicyclic) bond motifs is 1. The molecule has 3 heterocycles. The Morgan fingerprint density at radius 3 is 3.08 bits per heavy atom. The maximum absolute atomic E-state index is 5.92. The van der Waals surface area contributed by atoms with Crippen molar-refractivity contribution in [3.63, 3.8) is 0 Å². The van der Waals surface area contributed by atoms with Crippen molar-refractivity contribution < 1.29 is 4.74 Å². The summed E-state index contributed by atoms with van der Waals surface area (Å²) >= 11 is 0. The van der Waals surface area contributed by atoms with Crippen LogP contribution in [0.3, 0.4) is 0 Å². The molecule has 5 nitrogen and oxygen atoms in total. The van der Waals surface area contributed by atoms with E-state index in [1.54, 1.807) is 6.20 Å². The summed E-state index contributed by atoms with van der Waals surface area (Å²) in [7, 11) is 0. The summed E-state index contributed by atoms with van der Waals surface area (Å²) in [4.78, 5) is 9.35. The third-order valence-corrected chi connectivity index (χ3v) is 5.40. The van der Waals surface area contributed by atoms with E-state index in [0.717, 1.165) is 24.9 Å². The second kappa shape index (κ2) is 8.02. The van der Waals surface area contributed by atoms with E-state index >= 15 is 0 Å². The monoisotopic (exact) mass is 340 g/mol. The molecule has 0 aliphatic carbocycles. The number of ether oxygens (including phenoxy) is 1. The van der Waals surface area contributed by atoms with Crippen LogP contribution in [0.4, 0.5) is 0 Å². The van der Waals surface area contributed by atoms with Crippen molar-refractivity contribution in [2.24, 2.45) is 0 Å². The first-order valence-electron chi connectivity index (χ1n) is 9.51. The molecule has 5 heteroatoms. The van der Waals surface area contributed by atoms with Crippen molar-refractivity contribution in [1.29, 1.82) is 0 Å². The van der Waals surface area contributed by atoms with E-state index in [9.17, 15) is 0 Å². The van der Waals surface area contributed by atoms with Crippen LogP contribution in [0, 0.1) is 0 Å². The van der Waals surface area contributed by atoms with Crippen molar-refractivity contribution in [3.8, 4) is 5.75 Å². The van der Waals surface area contributed by atoms with Crippen LogP contribution in [0.5, 0.6) is 5.75 Å². The number of imidazole rings is 1. The quantitative estimate of drug-likeness (QED) is 0.809. The Hall–Kier alpha value is -1.85. The third-order valence-electron chi connectivity index (χ3n) is 5.40. The van der Waals surface area contributed by atoms with E-state index < -0.39 is 0 Å². The Balaban J connectivity index is 1.29. The van der Waals surface area contributed by atoms with Gasteiger partial charge in [0.15, 0.2) is 0 Å². The molecule has 2 aliphatic heterocycles. The van der Waals surface area contributed by atoms with Crippen LogP contribution < -0.4 is 4.74 Å². The van der Waals surface area contributed by atoms with Gasteiger partial charge in [-0.3, -0.25) is 9.80 Å². The lowest BCUT2D eigenvalue weighted by Gasteiger charge is -2.44. The van der Waals surface area contributed by atoms with Gasteiger partial charge in [0, 0.05) is 44.6 Å². The highest BCUT2D eigenvalue weighted by Crippen LogP contribution is 2.23. The molecule has 134 valence electrons. The Kier molecular flexibility index (Phi) is 5.33. The lowest BCUT2D eigenvalue weighted by atomic mass is 9.99. The Labute approximate surface area is 150 Å². The normalized spacial score (nSPS) is 21.8. The van der Waals surface area contributed by atoms with Crippen LogP contribution in [0.2, 0.25) is 0 Å². The summed E-state index contributed by atoms with van der Waals surface area (Å²) in [5.74, 6) is 0.967. The first-order valence-corrected chi connectivity index (χ1v) is 9.51. The molecule has 1 aromatic heterocycles. The largest absolute Gasteiger partial charge is 0.492 e. The van der Waals surface area contributed by atoms with Gasteiger partial charge in [0.05, 0.1) is 12.9 Å². The summed E-state index contributed by atoms with van der Waals surface area (Å²) in [5.41, 5.74) is 1.35. The van der Waals surface area contributed by atoms with Crippen LogP contribution in [-0.4, -0.2) is 58.2 Å². The van der Waals surface area contributed by atoms with Crippen molar-refractivity contribution in [2.45, 2.75) is 38.4 Å². The van der Waals surface area contributed by atoms with Crippen LogP contribution in [-0.2, 0) is 13.1 Å². The molecule has 0 spiro atoms. The SMILES string of the molecule is c1cc(CN2CCN3CCCC[C@@H]3C2)cc(OCCn2ccnc2)c1. The van der Waals surface area contributed by atoms with E-state index in [4.69, 9.17) is 4.74 Å². The average molecular weight is 340 g/mol. The molecule has 4 rings (SSSR count). The lowest BCUT2D eigenvalue weighted by Crippen LogP contribution is -2.54. The van der Waals surface area contributed by atoms with Crippen LogP contribution in [0.15, 0.2) is 43.0 Å². The van der Waals surface area contributed by atoms with Gasteiger partial charge in [0.1, 0.15) is 12.4 Å². The van der Waals surface area contributed by atoms with Crippen molar-refractivity contribution in [2.75, 3.05) is 32.8 Å². The minimum absolute atomic E-state index is 0.667. The number of hydrogen-bond acceptors (Lipinski definition) is 4. The van der Waals surface area contributed by atoms with Gasteiger partial charge in [-0.05, 0) is 37.1 Å². The Morgan fingerprint density at radius 2 is 2.16 bits per heavy atom. The molecule has 0 saturated carbocycles. The number of benzene rings is 1. The molecule has 0 amide bonds. The summed E-state index contributed by atoms with van der Waals surface area (Å²) < 4.78 is 7.95. The fourth-order valence-electron chi connectivity index (χ4n) is 4.04. The third kappa shape index (κ3) is 4.41. The number of aromatic nitrogens is 2. The van der Waals surface area contributed by atoms with E-state index in [0.29, 0.717) is 6.61 Å². The molecule has 0 radical (unpaired) electrons. The molecule has 2 saturated heterocycles. The Bertz CT molecular complexity index is 657. The minimum Gasteiger partial charge on any atom is -0.492 e. The zero-order valence-corrected chi connectivity index (χ0v) is 14.9. The van der Waals surface area contributed by atoms with Gasteiger partial charge in [0.25, 0.3) is 0 Å². The fourth-order valence-corrected chi connectivity index (χ4v) is 4.04.